The van der Waals surface area contributed by atoms with E-state index in [4.69, 9.17) is 4.74 Å². The third-order valence-corrected chi connectivity index (χ3v) is 4.53. The summed E-state index contributed by atoms with van der Waals surface area (Å²) in [4.78, 5) is 29.0. The van der Waals surface area contributed by atoms with Gasteiger partial charge in [-0.15, -0.1) is 11.8 Å². The van der Waals surface area contributed by atoms with Crippen molar-refractivity contribution in [2.24, 2.45) is 0 Å². The first-order chi connectivity index (χ1) is 13.7. The summed E-state index contributed by atoms with van der Waals surface area (Å²) < 4.78 is 5.43. The molecule has 0 saturated heterocycles. The summed E-state index contributed by atoms with van der Waals surface area (Å²) in [7, 11) is 0. The maximum atomic E-state index is 12.1. The van der Waals surface area contributed by atoms with E-state index in [0.29, 0.717) is 17.3 Å². The number of hydrogen-bond acceptors (Lipinski definition) is 5. The lowest BCUT2D eigenvalue weighted by Crippen LogP contribution is -2.20. The average molecular weight is 393 g/mol. The molecule has 1 aromatic heterocycles. The molecule has 0 aliphatic heterocycles. The summed E-state index contributed by atoms with van der Waals surface area (Å²) >= 11 is 1.38. The molecule has 2 aromatic carbocycles. The van der Waals surface area contributed by atoms with Gasteiger partial charge in [-0.1, -0.05) is 30.3 Å². The van der Waals surface area contributed by atoms with Gasteiger partial charge >= 0.3 is 0 Å². The van der Waals surface area contributed by atoms with E-state index in [2.05, 4.69) is 15.6 Å². The Morgan fingerprint density at radius 2 is 1.71 bits per heavy atom. The normalized spacial score (nSPS) is 10.1. The van der Waals surface area contributed by atoms with E-state index < -0.39 is 0 Å². The standard InChI is InChI=1S/C21H19N3O3S/c25-20(14-27-17-8-2-1-3-9-17)23-16-7-6-10-18(13-16)28-15-21(26)24-19-11-4-5-12-22-19/h1-13H,14-15H2,(H,23,25)(H,22,24,26). The fraction of sp³-hybridized carbons (Fsp3) is 0.0952. The number of rotatable bonds is 8. The van der Waals surface area contributed by atoms with Crippen molar-refractivity contribution in [3.05, 3.63) is 79.0 Å². The molecule has 0 unspecified atom stereocenters. The number of amides is 2. The van der Waals surface area contributed by atoms with E-state index >= 15 is 0 Å². The lowest BCUT2D eigenvalue weighted by Gasteiger charge is -2.09. The van der Waals surface area contributed by atoms with Crippen LogP contribution in [0.1, 0.15) is 0 Å². The summed E-state index contributed by atoms with van der Waals surface area (Å²) in [5.74, 6) is 1.01. The number of aromatic nitrogens is 1. The van der Waals surface area contributed by atoms with E-state index in [-0.39, 0.29) is 24.2 Å². The highest BCUT2D eigenvalue weighted by atomic mass is 32.2. The fourth-order valence-corrected chi connectivity index (χ4v) is 3.05. The number of hydrogen-bond donors (Lipinski definition) is 2. The molecule has 3 aromatic rings. The molecule has 142 valence electrons. The molecule has 0 fully saturated rings. The quantitative estimate of drug-likeness (QED) is 0.569. The number of ether oxygens (including phenoxy) is 1. The van der Waals surface area contributed by atoms with Crippen LogP contribution in [0.25, 0.3) is 0 Å². The number of anilines is 2. The SMILES string of the molecule is O=C(COc1ccccc1)Nc1cccc(SCC(=O)Nc2ccccn2)c1. The molecule has 28 heavy (non-hydrogen) atoms. The Labute approximate surface area is 167 Å². The zero-order chi connectivity index (χ0) is 19.6. The second-order valence-electron chi connectivity index (χ2n) is 5.73. The summed E-state index contributed by atoms with van der Waals surface area (Å²) in [6.07, 6.45) is 1.62. The smallest absolute Gasteiger partial charge is 0.262 e. The van der Waals surface area contributed by atoms with Gasteiger partial charge in [-0.05, 0) is 42.5 Å². The molecule has 2 amide bonds. The van der Waals surface area contributed by atoms with Crippen molar-refractivity contribution in [3.8, 4) is 5.75 Å². The van der Waals surface area contributed by atoms with Gasteiger partial charge in [0.1, 0.15) is 11.6 Å². The van der Waals surface area contributed by atoms with Gasteiger partial charge in [0, 0.05) is 16.8 Å². The van der Waals surface area contributed by atoms with Crippen molar-refractivity contribution in [2.45, 2.75) is 4.90 Å². The second kappa shape index (κ2) is 10.1. The van der Waals surface area contributed by atoms with Crippen LogP contribution in [-0.4, -0.2) is 29.2 Å². The van der Waals surface area contributed by atoms with Crippen LogP contribution in [0.3, 0.4) is 0 Å². The Balaban J connectivity index is 1.46. The molecular weight excluding hydrogens is 374 g/mol. The maximum absolute atomic E-state index is 12.1. The number of benzene rings is 2. The topological polar surface area (TPSA) is 80.3 Å². The number of thioether (sulfide) groups is 1. The number of pyridine rings is 1. The number of para-hydroxylation sites is 1. The van der Waals surface area contributed by atoms with Gasteiger partial charge in [-0.2, -0.15) is 0 Å². The number of nitrogens with one attached hydrogen (secondary N) is 2. The Hall–Kier alpha value is -3.32. The minimum absolute atomic E-state index is 0.0755. The van der Waals surface area contributed by atoms with Crippen molar-refractivity contribution < 1.29 is 14.3 Å². The van der Waals surface area contributed by atoms with Crippen LogP contribution >= 0.6 is 11.8 Å². The van der Waals surface area contributed by atoms with Crippen molar-refractivity contribution in [3.63, 3.8) is 0 Å². The molecule has 0 aliphatic rings. The van der Waals surface area contributed by atoms with E-state index in [1.54, 1.807) is 36.5 Å². The number of carbonyl (C=O) groups excluding carboxylic acids is 2. The van der Waals surface area contributed by atoms with Crippen LogP contribution < -0.4 is 15.4 Å². The molecule has 0 aliphatic carbocycles. The van der Waals surface area contributed by atoms with Crippen LogP contribution in [0.4, 0.5) is 11.5 Å². The molecule has 0 saturated carbocycles. The summed E-state index contributed by atoms with van der Waals surface area (Å²) in [6, 6.07) is 21.8. The molecule has 6 nitrogen and oxygen atoms in total. The van der Waals surface area contributed by atoms with E-state index in [1.165, 1.54) is 11.8 Å². The molecule has 3 rings (SSSR count). The van der Waals surface area contributed by atoms with Crippen LogP contribution in [-0.2, 0) is 9.59 Å². The van der Waals surface area contributed by atoms with Crippen molar-refractivity contribution in [1.29, 1.82) is 0 Å². The predicted octanol–water partition coefficient (Wildman–Crippen LogP) is 3.83. The molecule has 1 heterocycles. The summed E-state index contributed by atoms with van der Waals surface area (Å²) in [5.41, 5.74) is 0.650. The monoisotopic (exact) mass is 393 g/mol. The van der Waals surface area contributed by atoms with Crippen molar-refractivity contribution >= 4 is 35.1 Å². The van der Waals surface area contributed by atoms with Gasteiger partial charge < -0.3 is 15.4 Å². The first-order valence-corrected chi connectivity index (χ1v) is 9.59. The maximum Gasteiger partial charge on any atom is 0.262 e. The van der Waals surface area contributed by atoms with Crippen molar-refractivity contribution in [1.82, 2.24) is 4.98 Å². The lowest BCUT2D eigenvalue weighted by molar-refractivity contribution is -0.118. The molecule has 0 atom stereocenters. The molecule has 2 N–H and O–H groups in total. The highest BCUT2D eigenvalue weighted by Gasteiger charge is 2.07. The van der Waals surface area contributed by atoms with Crippen LogP contribution in [0.5, 0.6) is 5.75 Å². The number of nitrogens with zero attached hydrogens (tertiary/aromatic N) is 1. The highest BCUT2D eigenvalue weighted by molar-refractivity contribution is 8.00. The lowest BCUT2D eigenvalue weighted by atomic mass is 10.3. The molecule has 0 spiro atoms. The molecule has 0 radical (unpaired) electrons. The predicted molar refractivity (Wildman–Crippen MR) is 111 cm³/mol. The largest absolute Gasteiger partial charge is 0.484 e. The van der Waals surface area contributed by atoms with Gasteiger partial charge in [0.05, 0.1) is 5.75 Å². The summed E-state index contributed by atoms with van der Waals surface area (Å²) in [5, 5.41) is 5.53. The first-order valence-electron chi connectivity index (χ1n) is 8.60. The Kier molecular flexibility index (Phi) is 7.03. The van der Waals surface area contributed by atoms with Crippen molar-refractivity contribution in [2.75, 3.05) is 23.0 Å². The molecular formula is C21H19N3O3S. The van der Waals surface area contributed by atoms with Gasteiger partial charge in [0.25, 0.3) is 5.91 Å². The third-order valence-electron chi connectivity index (χ3n) is 3.53. The Bertz CT molecular complexity index is 920. The van der Waals surface area contributed by atoms with Crippen LogP contribution in [0.15, 0.2) is 83.9 Å². The van der Waals surface area contributed by atoms with E-state index in [9.17, 15) is 9.59 Å². The highest BCUT2D eigenvalue weighted by Crippen LogP contribution is 2.22. The van der Waals surface area contributed by atoms with Gasteiger partial charge in [0.15, 0.2) is 6.61 Å². The zero-order valence-electron chi connectivity index (χ0n) is 15.0. The average Bonchev–Trinajstić information content (AvgIpc) is 2.73. The third kappa shape index (κ3) is 6.44. The first kappa shape index (κ1) is 19.4. The minimum Gasteiger partial charge on any atom is -0.484 e. The Morgan fingerprint density at radius 3 is 2.50 bits per heavy atom. The fourth-order valence-electron chi connectivity index (χ4n) is 2.29. The Morgan fingerprint density at radius 1 is 0.893 bits per heavy atom. The second-order valence-corrected chi connectivity index (χ2v) is 6.78. The minimum atomic E-state index is -0.251. The van der Waals surface area contributed by atoms with Gasteiger partial charge in [-0.3, -0.25) is 9.59 Å². The van der Waals surface area contributed by atoms with Crippen LogP contribution in [0.2, 0.25) is 0 Å². The van der Waals surface area contributed by atoms with E-state index in [1.807, 2.05) is 42.5 Å². The zero-order valence-corrected chi connectivity index (χ0v) is 15.8. The van der Waals surface area contributed by atoms with Crippen LogP contribution in [0, 0.1) is 0 Å². The van der Waals surface area contributed by atoms with E-state index in [0.717, 1.165) is 4.90 Å². The summed E-state index contributed by atoms with van der Waals surface area (Å²) in [6.45, 7) is -0.0755. The van der Waals surface area contributed by atoms with Gasteiger partial charge in [-0.25, -0.2) is 4.98 Å². The molecule has 0 bridgehead atoms. The van der Waals surface area contributed by atoms with Gasteiger partial charge in [0.2, 0.25) is 5.91 Å². The molecule has 7 heteroatoms. The number of carbonyl (C=O) groups is 2.